The van der Waals surface area contributed by atoms with Gasteiger partial charge in [-0.15, -0.1) is 0 Å². The first-order valence-corrected chi connectivity index (χ1v) is 6.12. The van der Waals surface area contributed by atoms with E-state index in [9.17, 15) is 0 Å². The van der Waals surface area contributed by atoms with Gasteiger partial charge in [-0.3, -0.25) is 0 Å². The average Bonchev–Trinajstić information content (AvgIpc) is 2.41. The summed E-state index contributed by atoms with van der Waals surface area (Å²) in [5, 5.41) is 0. The van der Waals surface area contributed by atoms with Crippen LogP contribution in [0.2, 0.25) is 0 Å². The van der Waals surface area contributed by atoms with Crippen LogP contribution in [0.5, 0.6) is 0 Å². The molecule has 86 valence electrons. The Hall–Kier alpha value is -1.82. The van der Waals surface area contributed by atoms with E-state index < -0.39 is 0 Å². The van der Waals surface area contributed by atoms with Crippen LogP contribution in [0, 0.1) is 0 Å². The molecular formula is C17H18. The van der Waals surface area contributed by atoms with Gasteiger partial charge in [0.1, 0.15) is 0 Å². The van der Waals surface area contributed by atoms with Gasteiger partial charge in [-0.2, -0.15) is 0 Å². The molecule has 0 heterocycles. The van der Waals surface area contributed by atoms with E-state index in [1.165, 1.54) is 16.7 Å². The van der Waals surface area contributed by atoms with Crippen molar-refractivity contribution in [1.82, 2.24) is 0 Å². The van der Waals surface area contributed by atoms with Gasteiger partial charge in [0.15, 0.2) is 0 Å². The summed E-state index contributed by atoms with van der Waals surface area (Å²) >= 11 is 0. The maximum absolute atomic E-state index is 2.32. The maximum atomic E-state index is 2.32. The molecule has 2 rings (SSSR count). The van der Waals surface area contributed by atoms with Crippen LogP contribution in [0.4, 0.5) is 0 Å². The molecule has 0 fully saturated rings. The Kier molecular flexibility index (Phi) is 4.15. The van der Waals surface area contributed by atoms with Crippen molar-refractivity contribution in [2.45, 2.75) is 19.8 Å². The van der Waals surface area contributed by atoms with E-state index in [1.807, 2.05) is 0 Å². The Morgan fingerprint density at radius 1 is 0.882 bits per heavy atom. The Morgan fingerprint density at radius 2 is 1.47 bits per heavy atom. The first-order valence-electron chi connectivity index (χ1n) is 6.12. The van der Waals surface area contributed by atoms with Crippen LogP contribution in [-0.4, -0.2) is 0 Å². The third kappa shape index (κ3) is 3.60. The van der Waals surface area contributed by atoms with Gasteiger partial charge in [0, 0.05) is 0 Å². The average molecular weight is 222 g/mol. The molecule has 0 aromatic heterocycles. The van der Waals surface area contributed by atoms with Crippen molar-refractivity contribution < 1.29 is 0 Å². The number of benzene rings is 2. The molecule has 0 spiro atoms. The molecule has 0 N–H and O–H groups in total. The summed E-state index contributed by atoms with van der Waals surface area (Å²) < 4.78 is 0. The minimum atomic E-state index is 1.10. The molecule has 0 unspecified atom stereocenters. The molecule has 0 nitrogen and oxygen atoms in total. The van der Waals surface area contributed by atoms with E-state index >= 15 is 0 Å². The minimum absolute atomic E-state index is 1.10. The van der Waals surface area contributed by atoms with Gasteiger partial charge in [0.2, 0.25) is 0 Å². The second kappa shape index (κ2) is 6.05. The molecule has 0 amide bonds. The summed E-state index contributed by atoms with van der Waals surface area (Å²) in [4.78, 5) is 0. The Labute approximate surface area is 104 Å². The number of hydrogen-bond donors (Lipinski definition) is 0. The van der Waals surface area contributed by atoms with Crippen LogP contribution in [0.15, 0.2) is 66.7 Å². The van der Waals surface area contributed by atoms with Gasteiger partial charge in [-0.25, -0.2) is 0 Å². The highest BCUT2D eigenvalue weighted by atomic mass is 14.0. The fraction of sp³-hybridized carbons (Fsp3) is 0.176. The van der Waals surface area contributed by atoms with Gasteiger partial charge in [0.05, 0.1) is 0 Å². The van der Waals surface area contributed by atoms with Gasteiger partial charge in [-0.05, 0) is 36.5 Å². The third-order valence-corrected chi connectivity index (χ3v) is 2.96. The van der Waals surface area contributed by atoms with Crippen molar-refractivity contribution in [1.29, 1.82) is 0 Å². The Balaban J connectivity index is 1.93. The van der Waals surface area contributed by atoms with Crippen molar-refractivity contribution in [3.05, 3.63) is 77.9 Å². The highest BCUT2D eigenvalue weighted by molar-refractivity contribution is 5.63. The summed E-state index contributed by atoms with van der Waals surface area (Å²) in [5.74, 6) is 0. The molecule has 0 saturated carbocycles. The van der Waals surface area contributed by atoms with Gasteiger partial charge in [-0.1, -0.05) is 66.7 Å². The fourth-order valence-electron chi connectivity index (χ4n) is 1.92. The van der Waals surface area contributed by atoms with E-state index in [-0.39, 0.29) is 0 Å². The predicted molar refractivity (Wildman–Crippen MR) is 74.9 cm³/mol. The van der Waals surface area contributed by atoms with E-state index in [0.717, 1.165) is 12.8 Å². The summed E-state index contributed by atoms with van der Waals surface area (Å²) in [7, 11) is 0. The van der Waals surface area contributed by atoms with Crippen LogP contribution >= 0.6 is 0 Å². The summed E-state index contributed by atoms with van der Waals surface area (Å²) in [5.41, 5.74) is 4.09. The lowest BCUT2D eigenvalue weighted by Crippen LogP contribution is -1.83. The first-order chi connectivity index (χ1) is 8.36. The van der Waals surface area contributed by atoms with E-state index in [4.69, 9.17) is 0 Å². The molecule has 0 bridgehead atoms. The lowest BCUT2D eigenvalue weighted by atomic mass is 10.0. The quantitative estimate of drug-likeness (QED) is 0.702. The van der Waals surface area contributed by atoms with Crippen LogP contribution in [0.1, 0.15) is 24.5 Å². The van der Waals surface area contributed by atoms with Gasteiger partial charge < -0.3 is 0 Å². The van der Waals surface area contributed by atoms with Crippen LogP contribution in [0.25, 0.3) is 5.57 Å². The van der Waals surface area contributed by atoms with Crippen LogP contribution < -0.4 is 0 Å². The SMILES string of the molecule is CC(=CCCc1ccccc1)c1ccccc1. The summed E-state index contributed by atoms with van der Waals surface area (Å²) in [6.45, 7) is 2.18. The molecular weight excluding hydrogens is 204 g/mol. The fourth-order valence-corrected chi connectivity index (χ4v) is 1.92. The molecule has 0 radical (unpaired) electrons. The monoisotopic (exact) mass is 222 g/mol. The van der Waals surface area contributed by atoms with Crippen molar-refractivity contribution >= 4 is 5.57 Å². The largest absolute Gasteiger partial charge is 0.0807 e. The number of hydrogen-bond acceptors (Lipinski definition) is 0. The van der Waals surface area contributed by atoms with E-state index in [1.54, 1.807) is 0 Å². The zero-order valence-electron chi connectivity index (χ0n) is 10.3. The minimum Gasteiger partial charge on any atom is -0.0807 e. The molecule has 17 heavy (non-hydrogen) atoms. The topological polar surface area (TPSA) is 0 Å². The van der Waals surface area contributed by atoms with Gasteiger partial charge >= 0.3 is 0 Å². The van der Waals surface area contributed by atoms with Crippen molar-refractivity contribution in [3.8, 4) is 0 Å². The Bertz CT molecular complexity index is 466. The van der Waals surface area contributed by atoms with E-state index in [0.29, 0.717) is 0 Å². The van der Waals surface area contributed by atoms with Gasteiger partial charge in [0.25, 0.3) is 0 Å². The zero-order chi connectivity index (χ0) is 11.9. The highest BCUT2D eigenvalue weighted by Crippen LogP contribution is 2.14. The van der Waals surface area contributed by atoms with Crippen LogP contribution in [-0.2, 0) is 6.42 Å². The second-order valence-corrected chi connectivity index (χ2v) is 4.28. The summed E-state index contributed by atoms with van der Waals surface area (Å²) in [6, 6.07) is 21.2. The molecule has 0 atom stereocenters. The molecule has 0 aliphatic rings. The molecule has 0 saturated heterocycles. The smallest absolute Gasteiger partial charge is 0.0231 e. The Morgan fingerprint density at radius 3 is 2.12 bits per heavy atom. The van der Waals surface area contributed by atoms with Crippen LogP contribution in [0.3, 0.4) is 0 Å². The highest BCUT2D eigenvalue weighted by Gasteiger charge is 1.94. The predicted octanol–water partition coefficient (Wildman–Crippen LogP) is 4.72. The first kappa shape index (κ1) is 11.7. The molecule has 2 aromatic rings. The third-order valence-electron chi connectivity index (χ3n) is 2.96. The standard InChI is InChI=1S/C17H18/c1-15(17-13-6-3-7-14-17)9-8-12-16-10-4-2-5-11-16/h2-7,9-11,13-14H,8,12H2,1H3. The van der Waals surface area contributed by atoms with Crippen molar-refractivity contribution in [2.24, 2.45) is 0 Å². The number of allylic oxidation sites excluding steroid dienone is 2. The summed E-state index contributed by atoms with van der Waals surface area (Å²) in [6.07, 6.45) is 4.54. The lowest BCUT2D eigenvalue weighted by molar-refractivity contribution is 1.00. The molecule has 0 heteroatoms. The lowest BCUT2D eigenvalue weighted by Gasteiger charge is -2.02. The number of aryl methyl sites for hydroxylation is 1. The number of rotatable bonds is 4. The second-order valence-electron chi connectivity index (χ2n) is 4.28. The van der Waals surface area contributed by atoms with Crippen molar-refractivity contribution in [2.75, 3.05) is 0 Å². The molecule has 2 aromatic carbocycles. The van der Waals surface area contributed by atoms with E-state index in [2.05, 4.69) is 73.7 Å². The molecule has 0 aliphatic carbocycles. The van der Waals surface area contributed by atoms with Crippen molar-refractivity contribution in [3.63, 3.8) is 0 Å². The zero-order valence-corrected chi connectivity index (χ0v) is 10.3. The maximum Gasteiger partial charge on any atom is -0.0231 e. The molecule has 0 aliphatic heterocycles. The normalized spacial score (nSPS) is 11.5.